The largest absolute Gasteiger partial charge is 0.451 e. The molecule has 0 bridgehead atoms. The number of aromatic nitrogens is 1. The highest BCUT2D eigenvalue weighted by Gasteiger charge is 2.38. The van der Waals surface area contributed by atoms with E-state index in [-0.39, 0.29) is 22.5 Å². The van der Waals surface area contributed by atoms with Gasteiger partial charge in [0.1, 0.15) is 0 Å². The van der Waals surface area contributed by atoms with E-state index in [9.17, 15) is 19.2 Å². The lowest BCUT2D eigenvalue weighted by molar-refractivity contribution is 0.0319. The number of imide groups is 1. The number of hydrogen-bond acceptors (Lipinski definition) is 5. The molecule has 0 saturated heterocycles. The Balaban J connectivity index is 1.38. The third kappa shape index (κ3) is 3.71. The smallest absolute Gasteiger partial charge is 0.338 e. The molecule has 2 heterocycles. The van der Waals surface area contributed by atoms with Crippen molar-refractivity contribution in [2.75, 3.05) is 4.90 Å². The van der Waals surface area contributed by atoms with Crippen LogP contribution in [0.15, 0.2) is 66.9 Å². The first-order valence-corrected chi connectivity index (χ1v) is 11.2. The number of hydrogen-bond donors (Lipinski definition) is 1. The summed E-state index contributed by atoms with van der Waals surface area (Å²) in [5.41, 5.74) is 3.89. The number of nitrogens with one attached hydrogen (secondary N) is 1. The van der Waals surface area contributed by atoms with E-state index in [4.69, 9.17) is 4.74 Å². The van der Waals surface area contributed by atoms with Crippen LogP contribution in [-0.2, 0) is 4.74 Å². The van der Waals surface area contributed by atoms with E-state index in [0.717, 1.165) is 26.9 Å². The number of amides is 2. The molecule has 0 saturated carbocycles. The Kier molecular flexibility index (Phi) is 5.32. The SMILES string of the molecule is Cc1ccc(C)c(N2C(=O)c3ccc(C(=O)OC(C)C(=O)c4c[nH]c5ccccc45)cc3C2=O)c1. The number of benzene rings is 3. The van der Waals surface area contributed by atoms with Crippen molar-refractivity contribution in [3.63, 3.8) is 0 Å². The molecule has 1 atom stereocenters. The van der Waals surface area contributed by atoms with Gasteiger partial charge in [-0.2, -0.15) is 0 Å². The summed E-state index contributed by atoms with van der Waals surface area (Å²) >= 11 is 0. The van der Waals surface area contributed by atoms with Crippen LogP contribution >= 0.6 is 0 Å². The first kappa shape index (κ1) is 22.3. The second-order valence-electron chi connectivity index (χ2n) is 8.66. The molecule has 174 valence electrons. The van der Waals surface area contributed by atoms with Gasteiger partial charge in [0.2, 0.25) is 5.78 Å². The summed E-state index contributed by atoms with van der Waals surface area (Å²) in [6.45, 7) is 5.22. The van der Waals surface area contributed by atoms with E-state index in [1.165, 1.54) is 25.1 Å². The number of carbonyl (C=O) groups excluding carboxylic acids is 4. The summed E-state index contributed by atoms with van der Waals surface area (Å²) in [6.07, 6.45) is 0.553. The second kappa shape index (κ2) is 8.36. The van der Waals surface area contributed by atoms with Gasteiger partial charge in [-0.1, -0.05) is 30.3 Å². The third-order valence-electron chi connectivity index (χ3n) is 6.24. The minimum absolute atomic E-state index is 0.0892. The molecule has 5 rings (SSSR count). The Morgan fingerprint density at radius 2 is 1.66 bits per heavy atom. The zero-order valence-corrected chi connectivity index (χ0v) is 19.4. The molecule has 2 amide bonds. The summed E-state index contributed by atoms with van der Waals surface area (Å²) in [5.74, 6) is -2.04. The number of H-pyrrole nitrogens is 1. The molecule has 1 aliphatic rings. The number of fused-ring (bicyclic) bond motifs is 2. The summed E-state index contributed by atoms with van der Waals surface area (Å²) in [5, 5.41) is 0.744. The van der Waals surface area contributed by atoms with Crippen molar-refractivity contribution in [1.29, 1.82) is 0 Å². The summed E-state index contributed by atoms with van der Waals surface area (Å²) in [4.78, 5) is 56.1. The van der Waals surface area contributed by atoms with Gasteiger partial charge < -0.3 is 9.72 Å². The number of carbonyl (C=O) groups is 4. The second-order valence-corrected chi connectivity index (χ2v) is 8.66. The predicted molar refractivity (Wildman–Crippen MR) is 131 cm³/mol. The highest BCUT2D eigenvalue weighted by atomic mass is 16.5. The van der Waals surface area contributed by atoms with Gasteiger partial charge in [0, 0.05) is 22.7 Å². The number of aryl methyl sites for hydroxylation is 2. The average Bonchev–Trinajstić information content (AvgIpc) is 3.39. The van der Waals surface area contributed by atoms with Crippen LogP contribution in [0.2, 0.25) is 0 Å². The standard InChI is InChI=1S/C28H22N2O5/c1-15-8-9-16(2)24(12-15)30-26(32)20-11-10-18(13-21(20)27(30)33)28(34)35-17(3)25(31)22-14-29-23-7-5-4-6-19(22)23/h4-14,17,29H,1-3H3. The first-order valence-electron chi connectivity index (χ1n) is 11.2. The topological polar surface area (TPSA) is 96.5 Å². The summed E-state index contributed by atoms with van der Waals surface area (Å²) in [7, 11) is 0. The lowest BCUT2D eigenvalue weighted by atomic mass is 10.0. The maximum atomic E-state index is 13.2. The minimum Gasteiger partial charge on any atom is -0.451 e. The van der Waals surface area contributed by atoms with Gasteiger partial charge in [0.15, 0.2) is 6.10 Å². The Labute approximate surface area is 201 Å². The van der Waals surface area contributed by atoms with Gasteiger partial charge in [-0.3, -0.25) is 14.4 Å². The van der Waals surface area contributed by atoms with E-state index in [0.29, 0.717) is 11.3 Å². The van der Waals surface area contributed by atoms with Crippen molar-refractivity contribution < 1.29 is 23.9 Å². The molecular weight excluding hydrogens is 444 g/mol. The van der Waals surface area contributed by atoms with Crippen molar-refractivity contribution in [3.05, 3.63) is 100 Å². The van der Waals surface area contributed by atoms with Gasteiger partial charge >= 0.3 is 5.97 Å². The Hall–Kier alpha value is -4.52. The number of aromatic amines is 1. The summed E-state index contributed by atoms with van der Waals surface area (Å²) in [6, 6.07) is 17.1. The molecule has 0 spiro atoms. The average molecular weight is 466 g/mol. The Morgan fingerprint density at radius 1 is 0.914 bits per heavy atom. The molecule has 7 nitrogen and oxygen atoms in total. The van der Waals surface area contributed by atoms with Crippen LogP contribution in [0.5, 0.6) is 0 Å². The number of Topliss-reactive ketones (excluding diaryl/α,β-unsaturated/α-hetero) is 1. The van der Waals surface area contributed by atoms with Crippen molar-refractivity contribution in [3.8, 4) is 0 Å². The Morgan fingerprint density at radius 3 is 2.46 bits per heavy atom. The van der Waals surface area contributed by atoms with Crippen molar-refractivity contribution in [2.45, 2.75) is 26.9 Å². The van der Waals surface area contributed by atoms with E-state index < -0.39 is 23.9 Å². The molecule has 3 aromatic carbocycles. The van der Waals surface area contributed by atoms with Crippen LogP contribution in [-0.4, -0.2) is 34.7 Å². The van der Waals surface area contributed by atoms with Crippen LogP contribution in [0.4, 0.5) is 5.69 Å². The van der Waals surface area contributed by atoms with E-state index in [1.807, 2.05) is 50.2 Å². The molecule has 7 heteroatoms. The predicted octanol–water partition coefficient (Wildman–Crippen LogP) is 5.01. The highest BCUT2D eigenvalue weighted by Crippen LogP contribution is 2.32. The fraction of sp³-hybridized carbons (Fsp3) is 0.143. The lowest BCUT2D eigenvalue weighted by Crippen LogP contribution is -2.30. The number of para-hydroxylation sites is 1. The maximum absolute atomic E-state index is 13.2. The normalized spacial score (nSPS) is 13.7. The quantitative estimate of drug-likeness (QED) is 0.253. The van der Waals surface area contributed by atoms with Gasteiger partial charge in [-0.25, -0.2) is 9.69 Å². The lowest BCUT2D eigenvalue weighted by Gasteiger charge is -2.17. The number of rotatable bonds is 5. The molecule has 1 N–H and O–H groups in total. The Bertz CT molecular complexity index is 1550. The minimum atomic E-state index is -1.04. The number of nitrogens with zero attached hydrogens (tertiary/aromatic N) is 1. The molecule has 35 heavy (non-hydrogen) atoms. The van der Waals surface area contributed by atoms with E-state index in [2.05, 4.69) is 4.98 Å². The number of anilines is 1. The summed E-state index contributed by atoms with van der Waals surface area (Å²) < 4.78 is 5.43. The van der Waals surface area contributed by atoms with Crippen molar-refractivity contribution in [1.82, 2.24) is 4.98 Å². The third-order valence-corrected chi connectivity index (χ3v) is 6.24. The first-order chi connectivity index (χ1) is 16.8. The van der Waals surface area contributed by atoms with Crippen molar-refractivity contribution in [2.24, 2.45) is 0 Å². The number of ether oxygens (including phenoxy) is 1. The molecule has 1 aliphatic heterocycles. The molecule has 1 unspecified atom stereocenters. The van der Waals surface area contributed by atoms with Gasteiger partial charge in [0.25, 0.3) is 11.8 Å². The van der Waals surface area contributed by atoms with Gasteiger partial charge in [0.05, 0.1) is 22.4 Å². The van der Waals surface area contributed by atoms with E-state index >= 15 is 0 Å². The van der Waals surface area contributed by atoms with Crippen LogP contribution in [0.1, 0.15) is 59.5 Å². The fourth-order valence-electron chi connectivity index (χ4n) is 4.32. The number of ketones is 1. The van der Waals surface area contributed by atoms with E-state index in [1.54, 1.807) is 12.3 Å². The molecule has 0 aliphatic carbocycles. The molecule has 4 aromatic rings. The molecular formula is C28H22N2O5. The molecule has 0 fully saturated rings. The zero-order valence-electron chi connectivity index (χ0n) is 19.4. The van der Waals surface area contributed by atoms with Crippen molar-refractivity contribution >= 4 is 40.2 Å². The molecule has 1 aromatic heterocycles. The van der Waals surface area contributed by atoms with Crippen LogP contribution in [0.3, 0.4) is 0 Å². The van der Waals surface area contributed by atoms with Gasteiger partial charge in [-0.15, -0.1) is 0 Å². The van der Waals surface area contributed by atoms with Gasteiger partial charge in [-0.05, 0) is 62.2 Å². The van der Waals surface area contributed by atoms with Crippen LogP contribution < -0.4 is 4.90 Å². The number of esters is 1. The van der Waals surface area contributed by atoms with Crippen LogP contribution in [0, 0.1) is 13.8 Å². The fourth-order valence-corrected chi connectivity index (χ4v) is 4.32. The monoisotopic (exact) mass is 466 g/mol. The highest BCUT2D eigenvalue weighted by molar-refractivity contribution is 6.35. The van der Waals surface area contributed by atoms with Crippen LogP contribution in [0.25, 0.3) is 10.9 Å². The molecule has 0 radical (unpaired) electrons. The zero-order chi connectivity index (χ0) is 24.9. The maximum Gasteiger partial charge on any atom is 0.338 e.